The lowest BCUT2D eigenvalue weighted by Crippen LogP contribution is -2.53. The molecular formula is C21H21N4O7S-. The molecule has 0 spiro atoms. The van der Waals surface area contributed by atoms with Crippen LogP contribution in [0.3, 0.4) is 0 Å². The van der Waals surface area contributed by atoms with Gasteiger partial charge in [-0.15, -0.1) is 0 Å². The third-order valence-corrected chi connectivity index (χ3v) is 7.18. The largest absolute Gasteiger partial charge is 0.540 e. The van der Waals surface area contributed by atoms with Crippen LogP contribution in [-0.2, 0) is 31.0 Å². The van der Waals surface area contributed by atoms with Crippen LogP contribution < -0.4 is 20.7 Å². The Morgan fingerprint density at radius 3 is 2.36 bits per heavy atom. The van der Waals surface area contributed by atoms with E-state index in [0.29, 0.717) is 17.8 Å². The van der Waals surface area contributed by atoms with Crippen molar-refractivity contribution in [2.45, 2.75) is 30.7 Å². The van der Waals surface area contributed by atoms with Crippen LogP contribution in [0.15, 0.2) is 46.1 Å². The van der Waals surface area contributed by atoms with Gasteiger partial charge in [0, 0.05) is 43.9 Å². The van der Waals surface area contributed by atoms with E-state index in [9.17, 15) is 32.7 Å². The van der Waals surface area contributed by atoms with Crippen molar-refractivity contribution in [3.63, 3.8) is 0 Å². The predicted molar refractivity (Wildman–Crippen MR) is 115 cm³/mol. The smallest absolute Gasteiger partial charge is 0.275 e. The Morgan fingerprint density at radius 2 is 1.73 bits per heavy atom. The topological polar surface area (TPSA) is 158 Å². The summed E-state index contributed by atoms with van der Waals surface area (Å²) in [4.78, 5) is 48.1. The number of carbonyl (C=O) groups is 3. The molecule has 1 saturated heterocycles. The van der Waals surface area contributed by atoms with E-state index >= 15 is 0 Å². The second-order valence-electron chi connectivity index (χ2n) is 8.19. The van der Waals surface area contributed by atoms with Crippen molar-refractivity contribution in [2.75, 3.05) is 23.1 Å². The zero-order valence-electron chi connectivity index (χ0n) is 17.6. The first-order chi connectivity index (χ1) is 15.5. The van der Waals surface area contributed by atoms with Crippen LogP contribution in [0.4, 0.5) is 11.4 Å². The summed E-state index contributed by atoms with van der Waals surface area (Å²) in [6.07, 6.45) is 0.696. The fraction of sp³-hybridized carbons (Fsp3) is 0.333. The molecule has 3 heterocycles. The van der Waals surface area contributed by atoms with E-state index in [-0.39, 0.29) is 48.0 Å². The number of sulfonamides is 1. The summed E-state index contributed by atoms with van der Waals surface area (Å²) in [6, 6.07) is 8.51. The number of anilines is 2. The standard InChI is InChI=1S/C21H22N4O7S/c1-12(26)22-15-2-4-16(5-3-15)33(31,32)23-17-6-7-18-14-8-13(10-25(18)19(17)27)9-24(11-14)20(28)21(29)30/h2-7,13-14,23H,8-11H2,1H3,(H,22,26)(H,29,30)/p-1/t13-,14+/m0/s1. The number of nitrogens with one attached hydrogen (secondary N) is 2. The summed E-state index contributed by atoms with van der Waals surface area (Å²) >= 11 is 0. The predicted octanol–water partition coefficient (Wildman–Crippen LogP) is -0.697. The number of fused-ring (bicyclic) bond motifs is 4. The lowest BCUT2D eigenvalue weighted by atomic mass is 9.83. The Hall–Kier alpha value is -3.67. The highest BCUT2D eigenvalue weighted by atomic mass is 32.2. The molecule has 0 unspecified atom stereocenters. The molecule has 33 heavy (non-hydrogen) atoms. The number of likely N-dealkylation sites (tertiary alicyclic amines) is 1. The van der Waals surface area contributed by atoms with Crippen molar-refractivity contribution >= 4 is 39.2 Å². The number of pyridine rings is 1. The van der Waals surface area contributed by atoms with E-state index in [0.717, 1.165) is 0 Å². The maximum Gasteiger partial charge on any atom is 0.275 e. The molecule has 1 fully saturated rings. The molecule has 12 heteroatoms. The second-order valence-corrected chi connectivity index (χ2v) is 9.88. The highest BCUT2D eigenvalue weighted by Crippen LogP contribution is 2.35. The van der Waals surface area contributed by atoms with Crippen LogP contribution in [-0.4, -0.2) is 48.8 Å². The fourth-order valence-electron chi connectivity index (χ4n) is 4.44. The van der Waals surface area contributed by atoms with Gasteiger partial charge in [-0.2, -0.15) is 0 Å². The third-order valence-electron chi connectivity index (χ3n) is 5.80. The summed E-state index contributed by atoms with van der Waals surface area (Å²) in [7, 11) is -4.06. The number of aromatic nitrogens is 1. The molecule has 0 saturated carbocycles. The van der Waals surface area contributed by atoms with Crippen LogP contribution in [0.1, 0.15) is 25.0 Å². The minimum absolute atomic E-state index is 0.0768. The molecule has 2 aliphatic rings. The number of carboxylic acids is 1. The lowest BCUT2D eigenvalue weighted by Gasteiger charge is -2.42. The van der Waals surface area contributed by atoms with Gasteiger partial charge < -0.3 is 24.7 Å². The van der Waals surface area contributed by atoms with Gasteiger partial charge in [0.2, 0.25) is 5.91 Å². The van der Waals surface area contributed by atoms with Crippen molar-refractivity contribution in [3.8, 4) is 0 Å². The van der Waals surface area contributed by atoms with E-state index in [4.69, 9.17) is 0 Å². The number of aliphatic carboxylic acids is 1. The SMILES string of the molecule is CC(=O)Nc1ccc(S(=O)(=O)Nc2ccc3n(c2=O)C[C@H]2C[C@@H]3CN(C(=O)C(=O)[O-])C2)cc1. The quantitative estimate of drug-likeness (QED) is 0.556. The molecule has 1 aromatic heterocycles. The number of carboxylic acid groups (broad SMARTS) is 1. The molecule has 2 atom stereocenters. The number of piperidine rings is 1. The molecule has 174 valence electrons. The van der Waals surface area contributed by atoms with E-state index in [1.54, 1.807) is 6.07 Å². The van der Waals surface area contributed by atoms with Crippen LogP contribution in [0, 0.1) is 5.92 Å². The molecule has 2 aromatic rings. The first kappa shape index (κ1) is 22.5. The zero-order chi connectivity index (χ0) is 23.9. The number of hydrogen-bond acceptors (Lipinski definition) is 7. The Bertz CT molecular complexity index is 1300. The van der Waals surface area contributed by atoms with Gasteiger partial charge in [0.1, 0.15) is 11.7 Å². The Balaban J connectivity index is 1.58. The highest BCUT2D eigenvalue weighted by Gasteiger charge is 2.37. The van der Waals surface area contributed by atoms with E-state index in [1.807, 2.05) is 0 Å². The second kappa shape index (κ2) is 8.35. The fourth-order valence-corrected chi connectivity index (χ4v) is 5.50. The van der Waals surface area contributed by atoms with Crippen LogP contribution >= 0.6 is 0 Å². The van der Waals surface area contributed by atoms with Gasteiger partial charge in [-0.25, -0.2) is 8.42 Å². The van der Waals surface area contributed by atoms with Crippen LogP contribution in [0.5, 0.6) is 0 Å². The van der Waals surface area contributed by atoms with Crippen molar-refractivity contribution in [2.24, 2.45) is 5.92 Å². The summed E-state index contributed by atoms with van der Waals surface area (Å²) < 4.78 is 29.4. The number of nitrogens with zero attached hydrogens (tertiary/aromatic N) is 2. The van der Waals surface area contributed by atoms with E-state index < -0.39 is 27.5 Å². The van der Waals surface area contributed by atoms with Gasteiger partial charge in [-0.1, -0.05) is 0 Å². The number of hydrogen-bond donors (Lipinski definition) is 2. The zero-order valence-corrected chi connectivity index (χ0v) is 18.4. The molecule has 1 aromatic carbocycles. The average molecular weight is 473 g/mol. The average Bonchev–Trinajstić information content (AvgIpc) is 2.75. The van der Waals surface area contributed by atoms with E-state index in [2.05, 4.69) is 10.0 Å². The summed E-state index contributed by atoms with van der Waals surface area (Å²) in [5, 5.41) is 13.5. The van der Waals surface area contributed by atoms with Gasteiger partial charge in [-0.05, 0) is 48.7 Å². The van der Waals surface area contributed by atoms with Crippen molar-refractivity contribution in [3.05, 3.63) is 52.4 Å². The summed E-state index contributed by atoms with van der Waals surface area (Å²) in [6.45, 7) is 1.91. The minimum atomic E-state index is -4.06. The molecule has 2 bridgehead atoms. The van der Waals surface area contributed by atoms with Gasteiger partial charge >= 0.3 is 0 Å². The Labute approximate surface area is 189 Å². The molecule has 11 nitrogen and oxygen atoms in total. The normalized spacial score (nSPS) is 19.4. The van der Waals surface area contributed by atoms with Gasteiger partial charge in [-0.3, -0.25) is 19.1 Å². The summed E-state index contributed by atoms with van der Waals surface area (Å²) in [5.41, 5.74) is 0.426. The molecule has 2 N–H and O–H groups in total. The first-order valence-electron chi connectivity index (χ1n) is 10.2. The number of carbonyl (C=O) groups excluding carboxylic acids is 3. The summed E-state index contributed by atoms with van der Waals surface area (Å²) in [5.74, 6) is -3.50. The maximum absolute atomic E-state index is 13.1. The molecule has 0 aliphatic carbocycles. The van der Waals surface area contributed by atoms with Crippen molar-refractivity contribution in [1.29, 1.82) is 0 Å². The Morgan fingerprint density at radius 1 is 1.03 bits per heavy atom. The Kier molecular flexibility index (Phi) is 5.70. The first-order valence-corrected chi connectivity index (χ1v) is 11.7. The van der Waals surface area contributed by atoms with Crippen LogP contribution in [0.2, 0.25) is 0 Å². The number of amides is 2. The third kappa shape index (κ3) is 4.46. The lowest BCUT2D eigenvalue weighted by molar-refractivity contribution is -0.302. The minimum Gasteiger partial charge on any atom is -0.540 e. The van der Waals surface area contributed by atoms with Crippen molar-refractivity contribution < 1.29 is 27.9 Å². The van der Waals surface area contributed by atoms with E-state index in [1.165, 1.54) is 46.7 Å². The van der Waals surface area contributed by atoms with Gasteiger partial charge in [0.05, 0.1) is 4.90 Å². The van der Waals surface area contributed by atoms with Crippen LogP contribution in [0.25, 0.3) is 0 Å². The molecule has 4 rings (SSSR count). The molecule has 2 amide bonds. The van der Waals surface area contributed by atoms with Gasteiger partial charge in [0.15, 0.2) is 0 Å². The molecule has 0 radical (unpaired) electrons. The maximum atomic E-state index is 13.1. The molecular weight excluding hydrogens is 452 g/mol. The van der Waals surface area contributed by atoms with Gasteiger partial charge in [0.25, 0.3) is 21.5 Å². The van der Waals surface area contributed by atoms with Crippen molar-refractivity contribution in [1.82, 2.24) is 9.47 Å². The molecule has 2 aliphatic heterocycles. The highest BCUT2D eigenvalue weighted by molar-refractivity contribution is 7.92. The number of rotatable bonds is 4. The monoisotopic (exact) mass is 473 g/mol. The number of benzene rings is 1.